The molecule has 0 amide bonds. The van der Waals surface area contributed by atoms with Crippen molar-refractivity contribution in [1.82, 2.24) is 28.5 Å². The quantitative estimate of drug-likeness (QED) is 0.364. The lowest BCUT2D eigenvalue weighted by atomic mass is 10.2. The van der Waals surface area contributed by atoms with E-state index in [9.17, 15) is 8.42 Å². The van der Waals surface area contributed by atoms with E-state index in [2.05, 4.69) is 23.9 Å². The molecule has 0 aliphatic heterocycles. The highest BCUT2D eigenvalue weighted by molar-refractivity contribution is 7.91. The summed E-state index contributed by atoms with van der Waals surface area (Å²) in [6, 6.07) is 11.6. The van der Waals surface area contributed by atoms with Gasteiger partial charge < -0.3 is 9.72 Å². The first kappa shape index (κ1) is 21.5. The number of nitrogens with zero attached hydrogens (tertiary/aromatic N) is 5. The Morgan fingerprint density at radius 1 is 1.15 bits per heavy atom. The van der Waals surface area contributed by atoms with Gasteiger partial charge in [0, 0.05) is 30.2 Å². The van der Waals surface area contributed by atoms with Crippen LogP contribution in [-0.2, 0) is 16.4 Å². The molecule has 0 fully saturated rings. The third-order valence-electron chi connectivity index (χ3n) is 5.60. The number of fused-ring (bicyclic) bond motifs is 2. The van der Waals surface area contributed by atoms with Crippen molar-refractivity contribution < 1.29 is 13.2 Å². The molecule has 11 heteroatoms. The van der Waals surface area contributed by atoms with Gasteiger partial charge >= 0.3 is 6.01 Å². The molecule has 33 heavy (non-hydrogen) atoms. The SMILES string of the molecule is CCn1c(Oc2ccc3cc[nH]c3c2)nnc1[C@@H](C)CS(=O)(=O)c1c(C)ccc2nsnc12. The van der Waals surface area contributed by atoms with Crippen molar-refractivity contribution in [3.63, 3.8) is 0 Å². The maximum absolute atomic E-state index is 13.4. The Balaban J connectivity index is 1.44. The molecule has 0 aliphatic carbocycles. The number of sulfone groups is 1. The number of aromatic nitrogens is 6. The van der Waals surface area contributed by atoms with Crippen molar-refractivity contribution >= 4 is 43.5 Å². The van der Waals surface area contributed by atoms with E-state index in [0.29, 0.717) is 40.7 Å². The van der Waals surface area contributed by atoms with E-state index in [1.54, 1.807) is 23.6 Å². The summed E-state index contributed by atoms with van der Waals surface area (Å²) >= 11 is 1.01. The van der Waals surface area contributed by atoms with Crippen LogP contribution in [0.25, 0.3) is 21.9 Å². The number of hydrogen-bond acceptors (Lipinski definition) is 8. The second-order valence-electron chi connectivity index (χ2n) is 7.94. The molecular formula is C22H22N6O3S2. The topological polar surface area (TPSA) is 116 Å². The Hall–Kier alpha value is -3.31. The maximum atomic E-state index is 13.4. The smallest absolute Gasteiger partial charge is 0.322 e. The summed E-state index contributed by atoms with van der Waals surface area (Å²) in [5, 5.41) is 9.56. The summed E-state index contributed by atoms with van der Waals surface area (Å²) in [6.45, 7) is 6.09. The van der Waals surface area contributed by atoms with Gasteiger partial charge in [-0.15, -0.1) is 5.10 Å². The molecule has 0 radical (unpaired) electrons. The molecule has 1 N–H and O–H groups in total. The fourth-order valence-corrected chi connectivity index (χ4v) is 6.62. The second-order valence-corrected chi connectivity index (χ2v) is 10.4. The standard InChI is InChI=1S/C22H22N6O3S2/c1-4-28-21(24-25-22(28)31-16-7-6-15-9-10-23-18(15)11-16)14(3)12-33(29,30)20-13(2)5-8-17-19(20)27-32-26-17/h5-11,14,23H,4,12H2,1-3H3/t14-/m0/s1. The van der Waals surface area contributed by atoms with Gasteiger partial charge in [-0.25, -0.2) is 8.42 Å². The average molecular weight is 483 g/mol. The Morgan fingerprint density at radius 3 is 2.82 bits per heavy atom. The molecular weight excluding hydrogens is 460 g/mol. The van der Waals surface area contributed by atoms with Crippen LogP contribution in [0.15, 0.2) is 47.5 Å². The van der Waals surface area contributed by atoms with E-state index in [1.165, 1.54) is 0 Å². The first-order valence-corrected chi connectivity index (χ1v) is 12.9. The zero-order valence-corrected chi connectivity index (χ0v) is 19.9. The lowest BCUT2D eigenvalue weighted by molar-refractivity contribution is 0.410. The lowest BCUT2D eigenvalue weighted by Gasteiger charge is -2.15. The van der Waals surface area contributed by atoms with Crippen molar-refractivity contribution in [3.8, 4) is 11.8 Å². The molecule has 0 spiro atoms. The van der Waals surface area contributed by atoms with E-state index in [0.717, 1.165) is 22.6 Å². The van der Waals surface area contributed by atoms with Crippen molar-refractivity contribution in [2.45, 2.75) is 38.1 Å². The number of nitrogens with one attached hydrogen (secondary N) is 1. The van der Waals surface area contributed by atoms with Crippen LogP contribution in [0.5, 0.6) is 11.8 Å². The molecule has 2 aromatic carbocycles. The van der Waals surface area contributed by atoms with Crippen molar-refractivity contribution in [1.29, 1.82) is 0 Å². The van der Waals surface area contributed by atoms with E-state index >= 15 is 0 Å². The van der Waals surface area contributed by atoms with Crippen LogP contribution in [0, 0.1) is 6.92 Å². The summed E-state index contributed by atoms with van der Waals surface area (Å²) in [4.78, 5) is 3.39. The Kier molecular flexibility index (Phi) is 5.37. The zero-order chi connectivity index (χ0) is 23.2. The molecule has 0 aliphatic rings. The summed E-state index contributed by atoms with van der Waals surface area (Å²) in [7, 11) is -3.65. The highest BCUT2D eigenvalue weighted by atomic mass is 32.2. The predicted octanol–water partition coefficient (Wildman–Crippen LogP) is 4.46. The van der Waals surface area contributed by atoms with E-state index in [1.807, 2.05) is 44.3 Å². The number of hydrogen-bond donors (Lipinski definition) is 1. The van der Waals surface area contributed by atoms with Gasteiger partial charge in [-0.2, -0.15) is 8.75 Å². The molecule has 170 valence electrons. The maximum Gasteiger partial charge on any atom is 0.322 e. The van der Waals surface area contributed by atoms with Crippen LogP contribution >= 0.6 is 11.7 Å². The molecule has 5 rings (SSSR count). The monoisotopic (exact) mass is 482 g/mol. The number of H-pyrrole nitrogens is 1. The third-order valence-corrected chi connectivity index (χ3v) is 8.22. The summed E-state index contributed by atoms with van der Waals surface area (Å²) < 4.78 is 43.0. The minimum Gasteiger partial charge on any atom is -0.424 e. The van der Waals surface area contributed by atoms with Gasteiger partial charge in [0.05, 0.1) is 22.4 Å². The summed E-state index contributed by atoms with van der Waals surface area (Å²) in [5.41, 5.74) is 2.62. The first-order valence-electron chi connectivity index (χ1n) is 10.5. The highest BCUT2D eigenvalue weighted by Gasteiger charge is 2.28. The Bertz CT molecular complexity index is 1570. The normalized spacial score (nSPS) is 13.1. The van der Waals surface area contributed by atoms with Gasteiger partial charge in [0.1, 0.15) is 22.6 Å². The van der Waals surface area contributed by atoms with Crippen molar-refractivity contribution in [2.75, 3.05) is 5.75 Å². The molecule has 0 saturated carbocycles. The number of benzene rings is 2. The molecule has 1 atom stereocenters. The molecule has 0 saturated heterocycles. The van der Waals surface area contributed by atoms with Crippen LogP contribution < -0.4 is 4.74 Å². The van der Waals surface area contributed by atoms with E-state index in [-0.39, 0.29) is 10.6 Å². The molecule has 5 aromatic rings. The zero-order valence-electron chi connectivity index (χ0n) is 18.3. The van der Waals surface area contributed by atoms with Gasteiger partial charge in [0.15, 0.2) is 9.84 Å². The molecule has 0 bridgehead atoms. The number of ether oxygens (including phenoxy) is 1. The van der Waals surface area contributed by atoms with Crippen molar-refractivity contribution in [2.24, 2.45) is 0 Å². The van der Waals surface area contributed by atoms with Crippen LogP contribution in [0.3, 0.4) is 0 Å². The highest BCUT2D eigenvalue weighted by Crippen LogP contribution is 2.31. The summed E-state index contributed by atoms with van der Waals surface area (Å²) in [5.74, 6) is 0.638. The minimum absolute atomic E-state index is 0.128. The summed E-state index contributed by atoms with van der Waals surface area (Å²) in [6.07, 6.45) is 1.87. The molecule has 3 aromatic heterocycles. The van der Waals surface area contributed by atoms with Crippen LogP contribution in [-0.4, -0.2) is 42.7 Å². The minimum atomic E-state index is -3.65. The number of aromatic amines is 1. The number of rotatable bonds is 7. The third kappa shape index (κ3) is 3.87. The largest absolute Gasteiger partial charge is 0.424 e. The lowest BCUT2D eigenvalue weighted by Crippen LogP contribution is -2.18. The van der Waals surface area contributed by atoms with E-state index in [4.69, 9.17) is 4.74 Å². The van der Waals surface area contributed by atoms with Crippen molar-refractivity contribution in [3.05, 3.63) is 54.0 Å². The molecule has 9 nitrogen and oxygen atoms in total. The van der Waals surface area contributed by atoms with Crippen LogP contribution in [0.4, 0.5) is 0 Å². The van der Waals surface area contributed by atoms with Gasteiger partial charge in [-0.05, 0) is 49.1 Å². The van der Waals surface area contributed by atoms with Crippen LogP contribution in [0.1, 0.15) is 31.2 Å². The second kappa shape index (κ2) is 8.23. The Morgan fingerprint density at radius 2 is 2.00 bits per heavy atom. The molecule has 0 unspecified atom stereocenters. The van der Waals surface area contributed by atoms with Crippen LogP contribution in [0.2, 0.25) is 0 Å². The van der Waals surface area contributed by atoms with Gasteiger partial charge in [0.2, 0.25) is 0 Å². The van der Waals surface area contributed by atoms with Gasteiger partial charge in [-0.3, -0.25) is 4.57 Å². The van der Waals surface area contributed by atoms with E-state index < -0.39 is 15.8 Å². The fraction of sp³-hybridized carbons (Fsp3) is 0.273. The van der Waals surface area contributed by atoms with Gasteiger partial charge in [-0.1, -0.05) is 18.1 Å². The molecule has 3 heterocycles. The van der Waals surface area contributed by atoms with Gasteiger partial charge in [0.25, 0.3) is 0 Å². The fourth-order valence-electron chi connectivity index (χ4n) is 4.04. The number of aryl methyl sites for hydroxylation is 1. The Labute approximate surface area is 194 Å². The first-order chi connectivity index (χ1) is 15.9. The average Bonchev–Trinajstić information content (AvgIpc) is 3.51. The predicted molar refractivity (Wildman–Crippen MR) is 127 cm³/mol.